The summed E-state index contributed by atoms with van der Waals surface area (Å²) in [5.41, 5.74) is 2.08. The molecule has 0 aliphatic rings. The second-order valence-corrected chi connectivity index (χ2v) is 14.6. The minimum absolute atomic E-state index is 0.0795. The maximum absolute atomic E-state index is 12.7. The van der Waals surface area contributed by atoms with Crippen LogP contribution in [0.15, 0.2) is 60.7 Å². The SMILES string of the molecule is CS(=O)(=O)NC(CSSCC(NS(C)(=O)=O)C(=O)NCCc1ccccc1)C(=O)NCCc1ccccc1. The summed E-state index contributed by atoms with van der Waals surface area (Å²) in [6.45, 7) is 0.679. The van der Waals surface area contributed by atoms with Crippen molar-refractivity contribution in [1.29, 1.82) is 0 Å². The number of rotatable bonds is 17. The molecule has 0 fully saturated rings. The van der Waals surface area contributed by atoms with Gasteiger partial charge in [-0.3, -0.25) is 9.59 Å². The van der Waals surface area contributed by atoms with Crippen molar-refractivity contribution in [1.82, 2.24) is 20.1 Å². The van der Waals surface area contributed by atoms with Gasteiger partial charge in [0.25, 0.3) is 0 Å². The number of sulfonamides is 2. The summed E-state index contributed by atoms with van der Waals surface area (Å²) in [7, 11) is -4.98. The van der Waals surface area contributed by atoms with Crippen molar-refractivity contribution < 1.29 is 26.4 Å². The summed E-state index contributed by atoms with van der Waals surface area (Å²) in [6.07, 6.45) is 3.14. The van der Waals surface area contributed by atoms with Gasteiger partial charge in [-0.05, 0) is 24.0 Å². The van der Waals surface area contributed by atoms with Crippen LogP contribution in [0.5, 0.6) is 0 Å². The second kappa shape index (κ2) is 16.1. The van der Waals surface area contributed by atoms with Crippen molar-refractivity contribution in [2.75, 3.05) is 37.1 Å². The van der Waals surface area contributed by atoms with Crippen LogP contribution in [-0.2, 0) is 42.5 Å². The molecule has 2 aromatic carbocycles. The summed E-state index contributed by atoms with van der Waals surface area (Å²) in [6, 6.07) is 17.1. The van der Waals surface area contributed by atoms with Gasteiger partial charge in [-0.2, -0.15) is 0 Å². The average molecular weight is 603 g/mol. The predicted molar refractivity (Wildman–Crippen MR) is 155 cm³/mol. The van der Waals surface area contributed by atoms with Gasteiger partial charge in [0.1, 0.15) is 12.1 Å². The highest BCUT2D eigenvalue weighted by Gasteiger charge is 2.25. The highest BCUT2D eigenvalue weighted by molar-refractivity contribution is 8.76. The van der Waals surface area contributed by atoms with Crippen LogP contribution >= 0.6 is 21.6 Å². The molecule has 210 valence electrons. The van der Waals surface area contributed by atoms with E-state index in [1.165, 1.54) is 21.6 Å². The number of carbonyl (C=O) groups is 2. The van der Waals surface area contributed by atoms with Gasteiger partial charge in [-0.25, -0.2) is 26.3 Å². The molecule has 0 spiro atoms. The van der Waals surface area contributed by atoms with E-state index < -0.39 is 43.9 Å². The molecular weight excluding hydrogens is 569 g/mol. The average Bonchev–Trinajstić information content (AvgIpc) is 2.85. The molecule has 0 heterocycles. The molecule has 2 unspecified atom stereocenters. The zero-order valence-corrected chi connectivity index (χ0v) is 24.5. The Morgan fingerprint density at radius 1 is 0.658 bits per heavy atom. The number of hydrogen-bond donors (Lipinski definition) is 4. The fraction of sp³-hybridized carbons (Fsp3) is 0.417. The van der Waals surface area contributed by atoms with Crippen molar-refractivity contribution in [3.63, 3.8) is 0 Å². The van der Waals surface area contributed by atoms with Crippen LogP contribution in [-0.4, -0.2) is 77.8 Å². The van der Waals surface area contributed by atoms with E-state index in [1.807, 2.05) is 60.7 Å². The van der Waals surface area contributed by atoms with Crippen molar-refractivity contribution in [2.45, 2.75) is 24.9 Å². The second-order valence-electron chi connectivity index (χ2n) is 8.51. The quantitative estimate of drug-likeness (QED) is 0.154. The Morgan fingerprint density at radius 3 is 1.32 bits per heavy atom. The van der Waals surface area contributed by atoms with Crippen molar-refractivity contribution >= 4 is 53.4 Å². The molecular formula is C24H34N4O6S4. The van der Waals surface area contributed by atoms with Crippen molar-refractivity contribution in [3.8, 4) is 0 Å². The lowest BCUT2D eigenvalue weighted by Gasteiger charge is -2.19. The lowest BCUT2D eigenvalue weighted by atomic mass is 10.1. The maximum atomic E-state index is 12.7. The summed E-state index contributed by atoms with van der Waals surface area (Å²) in [4.78, 5) is 25.3. The van der Waals surface area contributed by atoms with E-state index in [9.17, 15) is 26.4 Å². The minimum atomic E-state index is -3.66. The summed E-state index contributed by atoms with van der Waals surface area (Å²) < 4.78 is 51.8. The number of carbonyl (C=O) groups excluding carboxylic acids is 2. The standard InChI is InChI=1S/C24H34N4O6S4/c1-37(31,32)27-21(23(29)25-15-13-19-9-5-3-6-10-19)17-35-36-18-22(28-38(2,33)34)24(30)26-16-14-20-11-7-4-8-12-20/h3-12,21-22,27-28H,13-18H2,1-2H3,(H,25,29)(H,26,30). The first-order valence-corrected chi connectivity index (χ1v) is 18.0. The molecule has 38 heavy (non-hydrogen) atoms. The Balaban J connectivity index is 1.87. The van der Waals surface area contributed by atoms with E-state index >= 15 is 0 Å². The van der Waals surface area contributed by atoms with Crippen LogP contribution in [0.1, 0.15) is 11.1 Å². The van der Waals surface area contributed by atoms with Gasteiger partial charge in [-0.1, -0.05) is 82.3 Å². The smallest absolute Gasteiger partial charge is 0.239 e. The van der Waals surface area contributed by atoms with Gasteiger partial charge in [0.15, 0.2) is 0 Å². The Labute approximate surface area is 233 Å². The summed E-state index contributed by atoms with van der Waals surface area (Å²) in [5.74, 6) is -0.778. The molecule has 0 aliphatic heterocycles. The van der Waals surface area contributed by atoms with Gasteiger partial charge in [0.05, 0.1) is 12.5 Å². The molecule has 4 N–H and O–H groups in total. The first kappa shape index (κ1) is 32.1. The Kier molecular flexibility index (Phi) is 13.6. The Hall–Kier alpha value is -2.10. The van der Waals surface area contributed by atoms with Crippen LogP contribution in [0.4, 0.5) is 0 Å². The van der Waals surface area contributed by atoms with Crippen LogP contribution in [0.2, 0.25) is 0 Å². The largest absolute Gasteiger partial charge is 0.354 e. The third-order valence-corrected chi connectivity index (χ3v) is 8.86. The van der Waals surface area contributed by atoms with Gasteiger partial charge in [0, 0.05) is 24.6 Å². The van der Waals surface area contributed by atoms with Crippen LogP contribution < -0.4 is 20.1 Å². The number of hydrogen-bond acceptors (Lipinski definition) is 8. The third-order valence-electron chi connectivity index (χ3n) is 5.01. The fourth-order valence-electron chi connectivity index (χ4n) is 3.27. The maximum Gasteiger partial charge on any atom is 0.239 e. The lowest BCUT2D eigenvalue weighted by molar-refractivity contribution is -0.122. The van der Waals surface area contributed by atoms with Gasteiger partial charge in [0.2, 0.25) is 31.9 Å². The number of benzene rings is 2. The van der Waals surface area contributed by atoms with Gasteiger partial charge in [-0.15, -0.1) is 0 Å². The zero-order chi connectivity index (χ0) is 28.0. The fourth-order valence-corrected chi connectivity index (χ4v) is 7.22. The Bertz CT molecular complexity index is 1130. The third kappa shape index (κ3) is 14.2. The van der Waals surface area contributed by atoms with Gasteiger partial charge < -0.3 is 10.6 Å². The molecule has 0 aromatic heterocycles. The molecule has 10 nitrogen and oxygen atoms in total. The first-order valence-electron chi connectivity index (χ1n) is 11.8. The molecule has 0 bridgehead atoms. The van der Waals surface area contributed by atoms with E-state index in [0.717, 1.165) is 23.6 Å². The molecule has 0 aliphatic carbocycles. The van der Waals surface area contributed by atoms with Crippen LogP contribution in [0.25, 0.3) is 0 Å². The highest BCUT2D eigenvalue weighted by Crippen LogP contribution is 2.23. The first-order chi connectivity index (χ1) is 17.9. The summed E-state index contributed by atoms with van der Waals surface area (Å²) >= 11 is 0. The van der Waals surface area contributed by atoms with Gasteiger partial charge >= 0.3 is 0 Å². The molecule has 2 rings (SSSR count). The molecule has 2 aromatic rings. The summed E-state index contributed by atoms with van der Waals surface area (Å²) in [5, 5.41) is 5.49. The van der Waals surface area contributed by atoms with E-state index in [4.69, 9.17) is 0 Å². The topological polar surface area (TPSA) is 151 Å². The van der Waals surface area contributed by atoms with E-state index in [-0.39, 0.29) is 11.5 Å². The number of amides is 2. The van der Waals surface area contributed by atoms with Crippen LogP contribution in [0, 0.1) is 0 Å². The molecule has 0 saturated carbocycles. The molecule has 2 atom stereocenters. The van der Waals surface area contributed by atoms with Crippen molar-refractivity contribution in [3.05, 3.63) is 71.8 Å². The Morgan fingerprint density at radius 2 is 1.00 bits per heavy atom. The molecule has 0 saturated heterocycles. The molecule has 0 radical (unpaired) electrons. The van der Waals surface area contributed by atoms with Crippen LogP contribution in [0.3, 0.4) is 0 Å². The van der Waals surface area contributed by atoms with E-state index in [0.29, 0.717) is 25.9 Å². The monoisotopic (exact) mass is 602 g/mol. The minimum Gasteiger partial charge on any atom is -0.354 e. The van der Waals surface area contributed by atoms with Crippen molar-refractivity contribution in [2.24, 2.45) is 0 Å². The normalized spacial score (nSPS) is 13.4. The highest BCUT2D eigenvalue weighted by atomic mass is 33.1. The lowest BCUT2D eigenvalue weighted by Crippen LogP contribution is -2.49. The molecule has 2 amide bonds. The molecule has 14 heteroatoms. The predicted octanol–water partition coefficient (Wildman–Crippen LogP) is 0.921. The van der Waals surface area contributed by atoms with E-state index in [2.05, 4.69) is 20.1 Å². The van der Waals surface area contributed by atoms with E-state index in [1.54, 1.807) is 0 Å². The number of nitrogens with one attached hydrogen (secondary N) is 4. The zero-order valence-electron chi connectivity index (χ0n) is 21.3.